The Morgan fingerprint density at radius 1 is 1.00 bits per heavy atom. The van der Waals surface area contributed by atoms with Crippen LogP contribution >= 0.6 is 11.8 Å². The molecule has 0 aliphatic carbocycles. The second-order valence-electron chi connectivity index (χ2n) is 4.22. The molecule has 0 radical (unpaired) electrons. The van der Waals surface area contributed by atoms with Crippen LogP contribution in [0.5, 0.6) is 0 Å². The number of imide groups is 1. The van der Waals surface area contributed by atoms with Crippen LogP contribution in [0.4, 0.5) is 0 Å². The van der Waals surface area contributed by atoms with Crippen molar-refractivity contribution in [1.29, 1.82) is 0 Å². The van der Waals surface area contributed by atoms with Gasteiger partial charge in [0.15, 0.2) is 6.20 Å². The lowest BCUT2D eigenvalue weighted by Gasteiger charge is -2.12. The summed E-state index contributed by atoms with van der Waals surface area (Å²) in [5.41, 5.74) is 0.835. The van der Waals surface area contributed by atoms with E-state index in [-0.39, 0.29) is 17.7 Å². The number of nitrogens with zero attached hydrogens (tertiary/aromatic N) is 2. The van der Waals surface area contributed by atoms with E-state index in [1.54, 1.807) is 42.5 Å². The zero-order valence-corrected chi connectivity index (χ0v) is 11.2. The summed E-state index contributed by atoms with van der Waals surface area (Å²) in [6.45, 7) is 0. The van der Waals surface area contributed by atoms with E-state index < -0.39 is 0 Å². The number of benzene rings is 1. The first-order chi connectivity index (χ1) is 9.68. The van der Waals surface area contributed by atoms with Gasteiger partial charge >= 0.3 is 0 Å². The molecule has 0 bridgehead atoms. The van der Waals surface area contributed by atoms with E-state index >= 15 is 0 Å². The largest absolute Gasteiger partial charge is 0.618 e. The Morgan fingerprint density at radius 3 is 2.20 bits per heavy atom. The van der Waals surface area contributed by atoms with Gasteiger partial charge < -0.3 is 5.21 Å². The van der Waals surface area contributed by atoms with Crippen LogP contribution in [0.3, 0.4) is 0 Å². The summed E-state index contributed by atoms with van der Waals surface area (Å²) in [5, 5.41) is 12.0. The summed E-state index contributed by atoms with van der Waals surface area (Å²) in [5.74, 6) is -0.503. The van der Waals surface area contributed by atoms with Gasteiger partial charge in [0.1, 0.15) is 0 Å². The molecular weight excluding hydrogens is 276 g/mol. The van der Waals surface area contributed by atoms with Gasteiger partial charge in [-0.25, -0.2) is 0 Å². The maximum atomic E-state index is 12.1. The topological polar surface area (TPSA) is 64.3 Å². The van der Waals surface area contributed by atoms with Crippen molar-refractivity contribution in [2.75, 3.05) is 5.88 Å². The molecule has 1 aliphatic heterocycles. The molecule has 2 amide bonds. The number of aromatic nitrogens is 1. The third-order valence-electron chi connectivity index (χ3n) is 3.01. The fourth-order valence-electron chi connectivity index (χ4n) is 2.01. The number of hydrogen-bond acceptors (Lipinski definition) is 4. The van der Waals surface area contributed by atoms with Gasteiger partial charge in [0, 0.05) is 12.1 Å². The minimum atomic E-state index is -0.313. The second kappa shape index (κ2) is 4.97. The maximum absolute atomic E-state index is 12.1. The number of carbonyl (C=O) groups excluding carboxylic acids is 2. The lowest BCUT2D eigenvalue weighted by Crippen LogP contribution is -2.32. The smallest absolute Gasteiger partial charge is 0.262 e. The van der Waals surface area contributed by atoms with Gasteiger partial charge in [0.05, 0.1) is 17.0 Å². The molecule has 100 valence electrons. The highest BCUT2D eigenvalue weighted by atomic mass is 32.2. The van der Waals surface area contributed by atoms with Crippen LogP contribution < -0.4 is 4.73 Å². The Bertz CT molecular complexity index is 667. The van der Waals surface area contributed by atoms with Gasteiger partial charge in [-0.3, -0.25) is 14.5 Å². The van der Waals surface area contributed by atoms with Gasteiger partial charge in [-0.1, -0.05) is 12.1 Å². The van der Waals surface area contributed by atoms with Gasteiger partial charge in [0.2, 0.25) is 0 Å². The fourth-order valence-corrected chi connectivity index (χ4v) is 2.87. The predicted molar refractivity (Wildman–Crippen MR) is 73.1 cm³/mol. The number of thioether (sulfide) groups is 1. The van der Waals surface area contributed by atoms with Crippen LogP contribution in [-0.4, -0.2) is 22.6 Å². The quantitative estimate of drug-likeness (QED) is 0.372. The number of hydrogen-bond donors (Lipinski definition) is 0. The van der Waals surface area contributed by atoms with Gasteiger partial charge in [0.25, 0.3) is 16.8 Å². The second-order valence-corrected chi connectivity index (χ2v) is 5.19. The van der Waals surface area contributed by atoms with Crippen LogP contribution in [0.15, 0.2) is 53.7 Å². The van der Waals surface area contributed by atoms with E-state index in [0.717, 1.165) is 16.7 Å². The summed E-state index contributed by atoms with van der Waals surface area (Å²) in [6, 6.07) is 11.7. The molecule has 0 N–H and O–H groups in total. The van der Waals surface area contributed by atoms with Crippen molar-refractivity contribution in [3.05, 3.63) is 65.0 Å². The van der Waals surface area contributed by atoms with Crippen molar-refractivity contribution in [3.8, 4) is 0 Å². The summed E-state index contributed by atoms with van der Waals surface area (Å²) in [6.07, 6.45) is 1.38. The normalized spacial score (nSPS) is 13.7. The molecule has 1 aliphatic rings. The number of pyridine rings is 1. The van der Waals surface area contributed by atoms with Crippen LogP contribution in [0.2, 0.25) is 0 Å². The van der Waals surface area contributed by atoms with E-state index in [0.29, 0.717) is 20.9 Å². The summed E-state index contributed by atoms with van der Waals surface area (Å²) in [7, 11) is 0. The highest BCUT2D eigenvalue weighted by Gasteiger charge is 2.35. The van der Waals surface area contributed by atoms with Crippen LogP contribution in [0.25, 0.3) is 0 Å². The van der Waals surface area contributed by atoms with Crippen molar-refractivity contribution in [1.82, 2.24) is 4.90 Å². The summed E-state index contributed by atoms with van der Waals surface area (Å²) < 4.78 is 0.711. The zero-order chi connectivity index (χ0) is 14.1. The molecular formula is C14H10N2O3S. The molecule has 1 aromatic heterocycles. The lowest BCUT2D eigenvalue weighted by molar-refractivity contribution is -0.645. The Kier molecular flexibility index (Phi) is 3.15. The Hall–Kier alpha value is -2.34. The van der Waals surface area contributed by atoms with Gasteiger partial charge in [-0.05, 0) is 30.0 Å². The van der Waals surface area contributed by atoms with E-state index in [1.165, 1.54) is 6.20 Å². The molecule has 0 saturated carbocycles. The third kappa shape index (κ3) is 2.04. The van der Waals surface area contributed by atoms with Crippen LogP contribution in [-0.2, 0) is 0 Å². The van der Waals surface area contributed by atoms with Crippen molar-refractivity contribution >= 4 is 23.6 Å². The molecule has 20 heavy (non-hydrogen) atoms. The minimum absolute atomic E-state index is 0.124. The van der Waals surface area contributed by atoms with Crippen molar-refractivity contribution in [2.45, 2.75) is 5.03 Å². The van der Waals surface area contributed by atoms with Gasteiger partial charge in [-0.15, -0.1) is 0 Å². The number of fused-ring (bicyclic) bond motifs is 1. The third-order valence-corrected chi connectivity index (χ3v) is 4.01. The lowest BCUT2D eigenvalue weighted by atomic mass is 10.1. The first-order valence-electron chi connectivity index (χ1n) is 5.94. The SMILES string of the molecule is O=C1c2ccccc2C(=O)N1CSc1cccc[n+]1[O-]. The number of rotatable bonds is 3. The van der Waals surface area contributed by atoms with E-state index in [2.05, 4.69) is 0 Å². The average Bonchev–Trinajstić information content (AvgIpc) is 2.71. The first kappa shape index (κ1) is 12.7. The maximum Gasteiger partial charge on any atom is 0.262 e. The summed E-state index contributed by atoms with van der Waals surface area (Å²) in [4.78, 5) is 25.4. The van der Waals surface area contributed by atoms with Crippen LogP contribution in [0, 0.1) is 5.21 Å². The molecule has 0 unspecified atom stereocenters. The molecule has 2 heterocycles. The molecule has 1 aromatic carbocycles. The average molecular weight is 286 g/mol. The molecule has 5 nitrogen and oxygen atoms in total. The van der Waals surface area contributed by atoms with Crippen molar-refractivity contribution in [2.24, 2.45) is 0 Å². The molecule has 0 saturated heterocycles. The number of carbonyl (C=O) groups is 2. The van der Waals surface area contributed by atoms with E-state index in [4.69, 9.17) is 0 Å². The first-order valence-corrected chi connectivity index (χ1v) is 6.93. The van der Waals surface area contributed by atoms with E-state index in [9.17, 15) is 14.8 Å². The van der Waals surface area contributed by atoms with Crippen LogP contribution in [0.1, 0.15) is 20.7 Å². The predicted octanol–water partition coefficient (Wildman–Crippen LogP) is 1.67. The highest BCUT2D eigenvalue weighted by molar-refractivity contribution is 7.99. The minimum Gasteiger partial charge on any atom is -0.618 e. The highest BCUT2D eigenvalue weighted by Crippen LogP contribution is 2.25. The molecule has 3 rings (SSSR count). The Balaban J connectivity index is 1.79. The van der Waals surface area contributed by atoms with Gasteiger partial charge in [-0.2, -0.15) is 4.73 Å². The molecule has 0 atom stereocenters. The summed E-state index contributed by atoms with van der Waals surface area (Å²) >= 11 is 1.16. The Morgan fingerprint density at radius 2 is 1.60 bits per heavy atom. The molecule has 0 spiro atoms. The van der Waals surface area contributed by atoms with Crippen molar-refractivity contribution < 1.29 is 14.3 Å². The monoisotopic (exact) mass is 286 g/mol. The van der Waals surface area contributed by atoms with Crippen molar-refractivity contribution in [3.63, 3.8) is 0 Å². The molecule has 2 aromatic rings. The van der Waals surface area contributed by atoms with E-state index in [1.807, 2.05) is 0 Å². The molecule has 0 fully saturated rings. The fraction of sp³-hybridized carbons (Fsp3) is 0.0714. The zero-order valence-electron chi connectivity index (χ0n) is 10.4. The standard InChI is InChI=1S/C14H10N2O3S/c17-13-10-5-1-2-6-11(10)14(18)15(13)9-20-12-7-3-4-8-16(12)19/h1-8H,9H2. The Labute approximate surface area is 119 Å². The molecule has 6 heteroatoms. The number of amides is 2.